The summed E-state index contributed by atoms with van der Waals surface area (Å²) in [5.41, 5.74) is 2.40. The number of aryl methyl sites for hydroxylation is 2. The van der Waals surface area contributed by atoms with Crippen LogP contribution in [-0.2, 0) is 4.79 Å². The highest BCUT2D eigenvalue weighted by Crippen LogP contribution is 2.19. The Bertz CT molecular complexity index is 464. The number of hydrogen-bond acceptors (Lipinski definition) is 2. The molecule has 0 heterocycles. The Balaban J connectivity index is 1.63. The molecular weight excluding hydrogens is 262 g/mol. The standard InChI is InChI=1S/C18H27NO2/c1-14-10-11-17(15(2)13-14)21-12-6-9-18(20)19-16-7-4-3-5-8-16/h10-11,13,16H,3-9,12H2,1-2H3,(H,19,20). The summed E-state index contributed by atoms with van der Waals surface area (Å²) >= 11 is 0. The zero-order valence-electron chi connectivity index (χ0n) is 13.3. The van der Waals surface area contributed by atoms with Crippen LogP contribution in [0, 0.1) is 13.8 Å². The van der Waals surface area contributed by atoms with Crippen LogP contribution >= 0.6 is 0 Å². The van der Waals surface area contributed by atoms with E-state index in [9.17, 15) is 4.79 Å². The van der Waals surface area contributed by atoms with Crippen molar-refractivity contribution in [1.29, 1.82) is 0 Å². The minimum atomic E-state index is 0.172. The molecule has 0 spiro atoms. The Labute approximate surface area is 128 Å². The zero-order chi connectivity index (χ0) is 15.1. The van der Waals surface area contributed by atoms with E-state index in [1.165, 1.54) is 24.8 Å². The van der Waals surface area contributed by atoms with Crippen molar-refractivity contribution in [2.45, 2.75) is 64.8 Å². The molecule has 3 nitrogen and oxygen atoms in total. The molecule has 0 radical (unpaired) electrons. The summed E-state index contributed by atoms with van der Waals surface area (Å²) in [7, 11) is 0. The van der Waals surface area contributed by atoms with Crippen molar-refractivity contribution >= 4 is 5.91 Å². The van der Waals surface area contributed by atoms with Crippen molar-refractivity contribution in [2.75, 3.05) is 6.61 Å². The highest BCUT2D eigenvalue weighted by Gasteiger charge is 2.15. The number of amides is 1. The quantitative estimate of drug-likeness (QED) is 0.806. The molecule has 1 aliphatic rings. The zero-order valence-corrected chi connectivity index (χ0v) is 13.3. The van der Waals surface area contributed by atoms with Crippen LogP contribution in [0.2, 0.25) is 0 Å². The van der Waals surface area contributed by atoms with Crippen LogP contribution in [0.1, 0.15) is 56.1 Å². The lowest BCUT2D eigenvalue weighted by Gasteiger charge is -2.22. The number of carbonyl (C=O) groups is 1. The first-order chi connectivity index (χ1) is 10.1. The first kappa shape index (κ1) is 15.9. The van der Waals surface area contributed by atoms with Gasteiger partial charge in [0, 0.05) is 12.5 Å². The largest absolute Gasteiger partial charge is 0.493 e. The second kappa shape index (κ2) is 8.06. The van der Waals surface area contributed by atoms with E-state index < -0.39 is 0 Å². The van der Waals surface area contributed by atoms with Gasteiger partial charge in [0.2, 0.25) is 5.91 Å². The summed E-state index contributed by atoms with van der Waals surface area (Å²) in [6, 6.07) is 6.59. The lowest BCUT2D eigenvalue weighted by atomic mass is 9.95. The van der Waals surface area contributed by atoms with E-state index in [4.69, 9.17) is 4.74 Å². The first-order valence-corrected chi connectivity index (χ1v) is 8.14. The van der Waals surface area contributed by atoms with Gasteiger partial charge in [-0.3, -0.25) is 4.79 Å². The third-order valence-electron chi connectivity index (χ3n) is 4.11. The Hall–Kier alpha value is -1.51. The molecule has 1 aliphatic carbocycles. The monoisotopic (exact) mass is 289 g/mol. The molecule has 1 amide bonds. The van der Waals surface area contributed by atoms with E-state index in [2.05, 4.69) is 31.3 Å². The molecule has 3 heteroatoms. The lowest BCUT2D eigenvalue weighted by Crippen LogP contribution is -2.36. The van der Waals surface area contributed by atoms with Crippen LogP contribution in [0.4, 0.5) is 0 Å². The molecule has 0 atom stereocenters. The maximum atomic E-state index is 11.9. The van der Waals surface area contributed by atoms with Gasteiger partial charge in [-0.1, -0.05) is 37.0 Å². The average molecular weight is 289 g/mol. The van der Waals surface area contributed by atoms with Crippen LogP contribution in [0.15, 0.2) is 18.2 Å². The Morgan fingerprint density at radius 2 is 2.00 bits per heavy atom. The Morgan fingerprint density at radius 3 is 2.71 bits per heavy atom. The van der Waals surface area contributed by atoms with Crippen molar-refractivity contribution in [3.05, 3.63) is 29.3 Å². The Kier molecular flexibility index (Phi) is 6.09. The van der Waals surface area contributed by atoms with Gasteiger partial charge in [0.1, 0.15) is 5.75 Å². The van der Waals surface area contributed by atoms with Crippen molar-refractivity contribution in [2.24, 2.45) is 0 Å². The van der Waals surface area contributed by atoms with E-state index in [1.54, 1.807) is 0 Å². The van der Waals surface area contributed by atoms with Gasteiger partial charge in [-0.05, 0) is 44.7 Å². The highest BCUT2D eigenvalue weighted by molar-refractivity contribution is 5.76. The SMILES string of the molecule is Cc1ccc(OCCCC(=O)NC2CCCCC2)c(C)c1. The molecule has 1 aromatic rings. The number of nitrogens with one attached hydrogen (secondary N) is 1. The average Bonchev–Trinajstić information content (AvgIpc) is 2.46. The fraction of sp³-hybridized carbons (Fsp3) is 0.611. The van der Waals surface area contributed by atoms with Crippen LogP contribution in [-0.4, -0.2) is 18.6 Å². The van der Waals surface area contributed by atoms with Crippen molar-refractivity contribution < 1.29 is 9.53 Å². The van der Waals surface area contributed by atoms with Crippen molar-refractivity contribution in [1.82, 2.24) is 5.32 Å². The third kappa shape index (κ3) is 5.41. The van der Waals surface area contributed by atoms with Crippen molar-refractivity contribution in [3.8, 4) is 5.75 Å². The molecule has 21 heavy (non-hydrogen) atoms. The molecule has 2 rings (SSSR count). The van der Waals surface area contributed by atoms with Gasteiger partial charge in [-0.25, -0.2) is 0 Å². The maximum absolute atomic E-state index is 11.9. The van der Waals surface area contributed by atoms with Crippen molar-refractivity contribution in [3.63, 3.8) is 0 Å². The molecule has 116 valence electrons. The van der Waals surface area contributed by atoms with Gasteiger partial charge in [-0.2, -0.15) is 0 Å². The normalized spacial score (nSPS) is 15.7. The molecule has 1 saturated carbocycles. The number of carbonyl (C=O) groups excluding carboxylic acids is 1. The van der Waals surface area contributed by atoms with Gasteiger partial charge >= 0.3 is 0 Å². The molecule has 0 aromatic heterocycles. The van der Waals surface area contributed by atoms with Crippen LogP contribution < -0.4 is 10.1 Å². The minimum absolute atomic E-state index is 0.172. The van der Waals surface area contributed by atoms with Gasteiger partial charge in [0.05, 0.1) is 6.61 Å². The van der Waals surface area contributed by atoms with Crippen LogP contribution in [0.3, 0.4) is 0 Å². The first-order valence-electron chi connectivity index (χ1n) is 8.14. The molecule has 0 unspecified atom stereocenters. The van der Waals surface area contributed by atoms with Crippen LogP contribution in [0.25, 0.3) is 0 Å². The Morgan fingerprint density at radius 1 is 1.24 bits per heavy atom. The predicted molar refractivity (Wildman–Crippen MR) is 85.7 cm³/mol. The number of ether oxygens (including phenoxy) is 1. The molecule has 1 aromatic carbocycles. The van der Waals surface area contributed by atoms with Gasteiger partial charge < -0.3 is 10.1 Å². The summed E-state index contributed by atoms with van der Waals surface area (Å²) in [5.74, 6) is 1.10. The number of benzene rings is 1. The van der Waals surface area contributed by atoms with E-state index in [-0.39, 0.29) is 5.91 Å². The summed E-state index contributed by atoms with van der Waals surface area (Å²) in [6.45, 7) is 4.73. The molecule has 1 N–H and O–H groups in total. The lowest BCUT2D eigenvalue weighted by molar-refractivity contribution is -0.122. The summed E-state index contributed by atoms with van der Waals surface area (Å²) in [6.07, 6.45) is 7.43. The smallest absolute Gasteiger partial charge is 0.220 e. The summed E-state index contributed by atoms with van der Waals surface area (Å²) in [4.78, 5) is 11.9. The van der Waals surface area contributed by atoms with Gasteiger partial charge in [-0.15, -0.1) is 0 Å². The molecule has 0 aliphatic heterocycles. The second-order valence-corrected chi connectivity index (χ2v) is 6.12. The number of rotatable bonds is 6. The third-order valence-corrected chi connectivity index (χ3v) is 4.11. The van der Waals surface area contributed by atoms with E-state index >= 15 is 0 Å². The van der Waals surface area contributed by atoms with Crippen LogP contribution in [0.5, 0.6) is 5.75 Å². The molecular formula is C18H27NO2. The summed E-state index contributed by atoms with van der Waals surface area (Å²) < 4.78 is 5.75. The maximum Gasteiger partial charge on any atom is 0.220 e. The van der Waals surface area contributed by atoms with Gasteiger partial charge in [0.15, 0.2) is 0 Å². The van der Waals surface area contributed by atoms with E-state index in [1.807, 2.05) is 6.07 Å². The minimum Gasteiger partial charge on any atom is -0.493 e. The van der Waals surface area contributed by atoms with E-state index in [0.717, 1.165) is 30.6 Å². The molecule has 0 bridgehead atoms. The predicted octanol–water partition coefficient (Wildman–Crippen LogP) is 3.91. The topological polar surface area (TPSA) is 38.3 Å². The molecule has 1 fully saturated rings. The fourth-order valence-electron chi connectivity index (χ4n) is 2.92. The fourth-order valence-corrected chi connectivity index (χ4v) is 2.92. The molecule has 0 saturated heterocycles. The number of hydrogen-bond donors (Lipinski definition) is 1. The second-order valence-electron chi connectivity index (χ2n) is 6.12. The van der Waals surface area contributed by atoms with Gasteiger partial charge in [0.25, 0.3) is 0 Å². The highest BCUT2D eigenvalue weighted by atomic mass is 16.5. The van der Waals surface area contributed by atoms with E-state index in [0.29, 0.717) is 19.1 Å². The summed E-state index contributed by atoms with van der Waals surface area (Å²) in [5, 5.41) is 3.14.